The molecule has 2 aromatic carbocycles. The molecular formula is C26H33N3O4. The lowest BCUT2D eigenvalue weighted by atomic mass is 9.97. The van der Waals surface area contributed by atoms with Gasteiger partial charge in [0.25, 0.3) is 11.8 Å². The maximum absolute atomic E-state index is 13.1. The minimum Gasteiger partial charge on any atom is -0.393 e. The van der Waals surface area contributed by atoms with Crippen molar-refractivity contribution < 1.29 is 19.4 Å². The van der Waals surface area contributed by atoms with Gasteiger partial charge in [-0.15, -0.1) is 0 Å². The number of carbonyl (C=O) groups is 2. The van der Waals surface area contributed by atoms with Gasteiger partial charge in [-0.05, 0) is 54.0 Å². The van der Waals surface area contributed by atoms with E-state index in [2.05, 4.69) is 41.9 Å². The third kappa shape index (κ3) is 5.04. The van der Waals surface area contributed by atoms with Crippen molar-refractivity contribution in [2.24, 2.45) is 0 Å². The average Bonchev–Trinajstić information content (AvgIpc) is 3.51. The van der Waals surface area contributed by atoms with Gasteiger partial charge in [-0.1, -0.05) is 44.2 Å². The fourth-order valence-corrected chi connectivity index (χ4v) is 4.47. The normalized spacial score (nSPS) is 20.2. The molecule has 33 heavy (non-hydrogen) atoms. The van der Waals surface area contributed by atoms with Gasteiger partial charge >= 0.3 is 0 Å². The summed E-state index contributed by atoms with van der Waals surface area (Å²) in [5.41, 5.74) is 3.70. The Morgan fingerprint density at radius 3 is 2.58 bits per heavy atom. The van der Waals surface area contributed by atoms with Crippen molar-refractivity contribution in [3.05, 3.63) is 64.7 Å². The Morgan fingerprint density at radius 2 is 1.91 bits per heavy atom. The number of amides is 2. The number of nitrogens with one attached hydrogen (secondary N) is 3. The predicted octanol–water partition coefficient (Wildman–Crippen LogP) is 2.91. The van der Waals surface area contributed by atoms with Crippen LogP contribution in [0, 0.1) is 0 Å². The summed E-state index contributed by atoms with van der Waals surface area (Å²) in [7, 11) is 0. The molecule has 2 unspecified atom stereocenters. The topological polar surface area (TPSA) is 99.7 Å². The molecule has 176 valence electrons. The van der Waals surface area contributed by atoms with Crippen LogP contribution in [-0.2, 0) is 16.0 Å². The van der Waals surface area contributed by atoms with Crippen molar-refractivity contribution in [1.29, 1.82) is 0 Å². The molecule has 0 saturated carbocycles. The van der Waals surface area contributed by atoms with Crippen molar-refractivity contribution in [3.63, 3.8) is 0 Å². The number of ether oxygens (including phenoxy) is 1. The van der Waals surface area contributed by atoms with Crippen molar-refractivity contribution in [1.82, 2.24) is 10.6 Å². The number of carbonyl (C=O) groups excluding carboxylic acids is 2. The zero-order chi connectivity index (χ0) is 23.4. The van der Waals surface area contributed by atoms with Gasteiger partial charge in [0.2, 0.25) is 0 Å². The van der Waals surface area contributed by atoms with Gasteiger partial charge in [-0.3, -0.25) is 9.59 Å². The molecule has 1 fully saturated rings. The van der Waals surface area contributed by atoms with Crippen LogP contribution < -0.4 is 16.0 Å². The van der Waals surface area contributed by atoms with Crippen LogP contribution in [0.25, 0.3) is 0 Å². The number of aliphatic hydroxyl groups is 1. The van der Waals surface area contributed by atoms with Crippen molar-refractivity contribution in [2.45, 2.75) is 50.7 Å². The quantitative estimate of drug-likeness (QED) is 0.495. The number of benzene rings is 2. The molecule has 2 heterocycles. The molecule has 2 atom stereocenters. The van der Waals surface area contributed by atoms with Gasteiger partial charge in [-0.2, -0.15) is 0 Å². The Kier molecular flexibility index (Phi) is 7.00. The second-order valence-corrected chi connectivity index (χ2v) is 9.21. The lowest BCUT2D eigenvalue weighted by Gasteiger charge is -2.27. The van der Waals surface area contributed by atoms with Crippen LogP contribution in [-0.4, -0.2) is 48.8 Å². The van der Waals surface area contributed by atoms with Crippen LogP contribution in [0.15, 0.2) is 42.5 Å². The predicted molar refractivity (Wildman–Crippen MR) is 127 cm³/mol. The van der Waals surface area contributed by atoms with E-state index < -0.39 is 11.6 Å². The summed E-state index contributed by atoms with van der Waals surface area (Å²) in [5, 5.41) is 19.0. The number of hydrogen-bond donors (Lipinski definition) is 4. The van der Waals surface area contributed by atoms with E-state index in [-0.39, 0.29) is 25.0 Å². The molecule has 7 heteroatoms. The first-order chi connectivity index (χ1) is 15.9. The van der Waals surface area contributed by atoms with Crippen LogP contribution in [0.2, 0.25) is 0 Å². The van der Waals surface area contributed by atoms with Gasteiger partial charge in [-0.25, -0.2) is 0 Å². The van der Waals surface area contributed by atoms with E-state index in [0.717, 1.165) is 30.6 Å². The lowest BCUT2D eigenvalue weighted by molar-refractivity contribution is -0.146. The third-order valence-corrected chi connectivity index (χ3v) is 6.63. The smallest absolute Gasteiger partial charge is 0.254 e. The van der Waals surface area contributed by atoms with Gasteiger partial charge < -0.3 is 25.8 Å². The van der Waals surface area contributed by atoms with Crippen molar-refractivity contribution >= 4 is 17.5 Å². The van der Waals surface area contributed by atoms with Crippen LogP contribution >= 0.6 is 0 Å². The maximum atomic E-state index is 13.1. The second kappa shape index (κ2) is 9.93. The first-order valence-corrected chi connectivity index (χ1v) is 11.7. The van der Waals surface area contributed by atoms with Crippen LogP contribution in [0.5, 0.6) is 0 Å². The molecule has 4 rings (SSSR count). The highest BCUT2D eigenvalue weighted by atomic mass is 16.5. The molecule has 2 aromatic rings. The molecule has 2 amide bonds. The zero-order valence-electron chi connectivity index (χ0n) is 19.3. The monoisotopic (exact) mass is 451 g/mol. The highest BCUT2D eigenvalue weighted by Gasteiger charge is 2.42. The third-order valence-electron chi connectivity index (χ3n) is 6.63. The molecule has 0 radical (unpaired) electrons. The standard InChI is InChI=1S/C26H33N3O4/c1-17(2)18-4-6-19(7-5-18)23(15-28-25(32)26(16-30)11-3-13-33-26)29-24(31)21-9-8-20-10-12-27-22(20)14-21/h4-9,14,17,23,27,30H,3,10-13,15-16H2,1-2H3,(H,28,32)(H,29,31). The number of anilines is 1. The van der Waals surface area contributed by atoms with Gasteiger partial charge in [0.15, 0.2) is 5.60 Å². The molecule has 2 aliphatic rings. The van der Waals surface area contributed by atoms with E-state index in [1.54, 1.807) is 0 Å². The van der Waals surface area contributed by atoms with E-state index in [9.17, 15) is 14.7 Å². The number of hydrogen-bond acceptors (Lipinski definition) is 5. The number of aliphatic hydroxyl groups excluding tert-OH is 1. The zero-order valence-corrected chi connectivity index (χ0v) is 19.3. The van der Waals surface area contributed by atoms with Crippen molar-refractivity contribution in [2.75, 3.05) is 31.6 Å². The lowest BCUT2D eigenvalue weighted by Crippen LogP contribution is -2.51. The fraction of sp³-hybridized carbons (Fsp3) is 0.462. The van der Waals surface area contributed by atoms with Gasteiger partial charge in [0.1, 0.15) is 0 Å². The van der Waals surface area contributed by atoms with Crippen molar-refractivity contribution in [3.8, 4) is 0 Å². The molecular weight excluding hydrogens is 418 g/mol. The van der Waals surface area contributed by atoms with E-state index in [1.165, 1.54) is 11.1 Å². The Morgan fingerprint density at radius 1 is 1.15 bits per heavy atom. The number of fused-ring (bicyclic) bond motifs is 1. The van der Waals surface area contributed by atoms with E-state index >= 15 is 0 Å². The Balaban J connectivity index is 1.51. The molecule has 0 bridgehead atoms. The first-order valence-electron chi connectivity index (χ1n) is 11.7. The van der Waals surface area contributed by atoms with Crippen LogP contribution in [0.1, 0.15) is 65.7 Å². The molecule has 0 aliphatic carbocycles. The summed E-state index contributed by atoms with van der Waals surface area (Å²) >= 11 is 0. The van der Waals surface area contributed by atoms with E-state index in [4.69, 9.17) is 4.74 Å². The average molecular weight is 452 g/mol. The van der Waals surface area contributed by atoms with Gasteiger partial charge in [0, 0.05) is 30.9 Å². The summed E-state index contributed by atoms with van der Waals surface area (Å²) in [4.78, 5) is 26.0. The van der Waals surface area contributed by atoms with E-state index in [1.807, 2.05) is 30.3 Å². The minimum absolute atomic E-state index is 0.194. The molecule has 2 aliphatic heterocycles. The fourth-order valence-electron chi connectivity index (χ4n) is 4.47. The number of rotatable bonds is 8. The highest BCUT2D eigenvalue weighted by molar-refractivity contribution is 5.96. The summed E-state index contributed by atoms with van der Waals surface area (Å²) in [6, 6.07) is 13.4. The minimum atomic E-state index is -1.19. The summed E-state index contributed by atoms with van der Waals surface area (Å²) < 4.78 is 5.57. The first kappa shape index (κ1) is 23.3. The maximum Gasteiger partial charge on any atom is 0.254 e. The highest BCUT2D eigenvalue weighted by Crippen LogP contribution is 2.27. The Hall–Kier alpha value is -2.90. The van der Waals surface area contributed by atoms with Gasteiger partial charge in [0.05, 0.1) is 12.6 Å². The SMILES string of the molecule is CC(C)c1ccc(C(CNC(=O)C2(CO)CCCO2)NC(=O)c2ccc3c(c2)NCC3)cc1. The largest absolute Gasteiger partial charge is 0.393 e. The second-order valence-electron chi connectivity index (χ2n) is 9.21. The molecule has 1 saturated heterocycles. The molecule has 4 N–H and O–H groups in total. The van der Waals surface area contributed by atoms with E-state index in [0.29, 0.717) is 24.5 Å². The summed E-state index contributed by atoms with van der Waals surface area (Å²) in [6.07, 6.45) is 2.18. The van der Waals surface area contributed by atoms with Crippen LogP contribution in [0.3, 0.4) is 0 Å². The van der Waals surface area contributed by atoms with Crippen LogP contribution in [0.4, 0.5) is 5.69 Å². The molecule has 7 nitrogen and oxygen atoms in total. The summed E-state index contributed by atoms with van der Waals surface area (Å²) in [6.45, 7) is 5.43. The Labute approximate surface area is 194 Å². The summed E-state index contributed by atoms with van der Waals surface area (Å²) in [5.74, 6) is -0.149. The molecule has 0 aromatic heterocycles. The Bertz CT molecular complexity index is 997. The molecule has 0 spiro atoms.